The Hall–Kier alpha value is -1.56. The Balaban J connectivity index is 2.89. The zero-order chi connectivity index (χ0) is 13.5. The summed E-state index contributed by atoms with van der Waals surface area (Å²) in [7, 11) is 0. The molecule has 3 heteroatoms. The fourth-order valence-electron chi connectivity index (χ4n) is 2.00. The van der Waals surface area contributed by atoms with Crippen LogP contribution in [-0.4, -0.2) is 12.6 Å². The lowest BCUT2D eigenvalue weighted by Crippen LogP contribution is -2.32. The molecule has 0 unspecified atom stereocenters. The van der Waals surface area contributed by atoms with E-state index in [9.17, 15) is 4.39 Å². The lowest BCUT2D eigenvalue weighted by molar-refractivity contribution is 0.583. The second-order valence-corrected chi connectivity index (χ2v) is 4.77. The van der Waals surface area contributed by atoms with Gasteiger partial charge in [-0.2, -0.15) is 5.26 Å². The van der Waals surface area contributed by atoms with Crippen molar-refractivity contribution in [3.05, 3.63) is 29.6 Å². The molecule has 0 fully saturated rings. The van der Waals surface area contributed by atoms with Crippen molar-refractivity contribution in [3.63, 3.8) is 0 Å². The summed E-state index contributed by atoms with van der Waals surface area (Å²) in [5.41, 5.74) is 0.966. The van der Waals surface area contributed by atoms with Crippen molar-refractivity contribution < 1.29 is 4.39 Å². The van der Waals surface area contributed by atoms with Gasteiger partial charge in [0.2, 0.25) is 0 Å². The summed E-state index contributed by atoms with van der Waals surface area (Å²) in [6, 6.07) is 6.90. The molecule has 0 bridgehead atoms. The SMILES string of the molecule is CCCCCN(c1ccc(C#N)cc1F)C(C)C. The van der Waals surface area contributed by atoms with E-state index in [4.69, 9.17) is 5.26 Å². The third kappa shape index (κ3) is 3.73. The summed E-state index contributed by atoms with van der Waals surface area (Å²) in [4.78, 5) is 2.06. The monoisotopic (exact) mass is 248 g/mol. The number of hydrogen-bond donors (Lipinski definition) is 0. The standard InChI is InChI=1S/C15H21FN2/c1-4-5-6-9-18(12(2)3)15-8-7-13(11-17)10-14(15)16/h7-8,10,12H,4-6,9H2,1-3H3. The highest BCUT2D eigenvalue weighted by molar-refractivity contribution is 5.51. The quantitative estimate of drug-likeness (QED) is 0.709. The lowest BCUT2D eigenvalue weighted by atomic mass is 10.1. The number of halogens is 1. The molecular formula is C15H21FN2. The smallest absolute Gasteiger partial charge is 0.147 e. The molecule has 0 saturated heterocycles. The van der Waals surface area contributed by atoms with Crippen molar-refractivity contribution in [2.24, 2.45) is 0 Å². The molecule has 0 heterocycles. The van der Waals surface area contributed by atoms with Crippen LogP contribution in [0.3, 0.4) is 0 Å². The van der Waals surface area contributed by atoms with Crippen LogP contribution >= 0.6 is 0 Å². The first-order valence-corrected chi connectivity index (χ1v) is 6.56. The zero-order valence-electron chi connectivity index (χ0n) is 11.4. The second-order valence-electron chi connectivity index (χ2n) is 4.77. The van der Waals surface area contributed by atoms with Crippen LogP contribution in [0.2, 0.25) is 0 Å². The van der Waals surface area contributed by atoms with Crippen LogP contribution in [0.4, 0.5) is 10.1 Å². The van der Waals surface area contributed by atoms with Crippen molar-refractivity contribution in [1.82, 2.24) is 0 Å². The summed E-state index contributed by atoms with van der Waals surface area (Å²) in [6.07, 6.45) is 3.37. The van der Waals surface area contributed by atoms with Gasteiger partial charge in [0.1, 0.15) is 5.82 Å². The van der Waals surface area contributed by atoms with Gasteiger partial charge in [-0.3, -0.25) is 0 Å². The van der Waals surface area contributed by atoms with E-state index in [1.807, 2.05) is 6.07 Å². The van der Waals surface area contributed by atoms with E-state index in [0.717, 1.165) is 25.8 Å². The van der Waals surface area contributed by atoms with E-state index in [1.54, 1.807) is 12.1 Å². The summed E-state index contributed by atoms with van der Waals surface area (Å²) in [6.45, 7) is 7.13. The van der Waals surface area contributed by atoms with Gasteiger partial charge >= 0.3 is 0 Å². The van der Waals surface area contributed by atoms with E-state index in [-0.39, 0.29) is 11.9 Å². The number of hydrogen-bond acceptors (Lipinski definition) is 2. The van der Waals surface area contributed by atoms with E-state index >= 15 is 0 Å². The fourth-order valence-corrected chi connectivity index (χ4v) is 2.00. The van der Waals surface area contributed by atoms with Crippen LogP contribution in [0.5, 0.6) is 0 Å². The molecule has 0 aromatic heterocycles. The number of rotatable bonds is 6. The zero-order valence-corrected chi connectivity index (χ0v) is 11.4. The highest BCUT2D eigenvalue weighted by Gasteiger charge is 2.14. The molecule has 1 aromatic carbocycles. The minimum absolute atomic E-state index is 0.254. The van der Waals surface area contributed by atoms with Crippen LogP contribution in [-0.2, 0) is 0 Å². The first-order chi connectivity index (χ1) is 8.60. The minimum Gasteiger partial charge on any atom is -0.367 e. The number of nitriles is 1. The maximum atomic E-state index is 14.0. The molecule has 0 amide bonds. The van der Waals surface area contributed by atoms with Crippen LogP contribution in [0.15, 0.2) is 18.2 Å². The van der Waals surface area contributed by atoms with Gasteiger partial charge in [-0.25, -0.2) is 4.39 Å². The van der Waals surface area contributed by atoms with E-state index in [2.05, 4.69) is 25.7 Å². The first kappa shape index (κ1) is 14.5. The molecule has 1 aromatic rings. The van der Waals surface area contributed by atoms with Gasteiger partial charge < -0.3 is 4.90 Å². The Labute approximate surface area is 109 Å². The predicted octanol–water partition coefficient (Wildman–Crippen LogP) is 4.10. The molecule has 98 valence electrons. The highest BCUT2D eigenvalue weighted by atomic mass is 19.1. The molecule has 18 heavy (non-hydrogen) atoms. The van der Waals surface area contributed by atoms with Crippen molar-refractivity contribution in [3.8, 4) is 6.07 Å². The van der Waals surface area contributed by atoms with Gasteiger partial charge in [-0.1, -0.05) is 19.8 Å². The van der Waals surface area contributed by atoms with E-state index < -0.39 is 0 Å². The van der Waals surface area contributed by atoms with Crippen molar-refractivity contribution in [1.29, 1.82) is 5.26 Å². The second kappa shape index (κ2) is 7.00. The maximum Gasteiger partial charge on any atom is 0.147 e. The summed E-state index contributed by atoms with van der Waals surface area (Å²) < 4.78 is 14.0. The van der Waals surface area contributed by atoms with Crippen LogP contribution in [0.1, 0.15) is 45.6 Å². The van der Waals surface area contributed by atoms with Crippen molar-refractivity contribution >= 4 is 5.69 Å². The fraction of sp³-hybridized carbons (Fsp3) is 0.533. The predicted molar refractivity (Wildman–Crippen MR) is 73.1 cm³/mol. The minimum atomic E-state index is -0.306. The Bertz CT molecular complexity index is 421. The van der Waals surface area contributed by atoms with Crippen LogP contribution < -0.4 is 4.90 Å². The molecule has 0 aliphatic rings. The van der Waals surface area contributed by atoms with Gasteiger partial charge in [-0.15, -0.1) is 0 Å². The maximum absolute atomic E-state index is 14.0. The molecule has 0 radical (unpaired) electrons. The highest BCUT2D eigenvalue weighted by Crippen LogP contribution is 2.23. The van der Waals surface area contributed by atoms with E-state index in [0.29, 0.717) is 11.3 Å². The third-order valence-corrected chi connectivity index (χ3v) is 3.01. The topological polar surface area (TPSA) is 27.0 Å². The van der Waals surface area contributed by atoms with Gasteiger partial charge in [0.25, 0.3) is 0 Å². The van der Waals surface area contributed by atoms with Crippen molar-refractivity contribution in [2.75, 3.05) is 11.4 Å². The summed E-state index contributed by atoms with van der Waals surface area (Å²) in [5.74, 6) is -0.306. The lowest BCUT2D eigenvalue weighted by Gasteiger charge is -2.29. The molecule has 0 atom stereocenters. The first-order valence-electron chi connectivity index (χ1n) is 6.56. The molecule has 0 aliphatic heterocycles. The summed E-state index contributed by atoms with van der Waals surface area (Å²) >= 11 is 0. The average Bonchev–Trinajstić information content (AvgIpc) is 2.35. The summed E-state index contributed by atoms with van der Waals surface area (Å²) in [5, 5.41) is 8.74. The number of nitrogens with zero attached hydrogens (tertiary/aromatic N) is 2. The average molecular weight is 248 g/mol. The molecule has 0 aliphatic carbocycles. The van der Waals surface area contributed by atoms with Gasteiger partial charge in [-0.05, 0) is 38.5 Å². The Morgan fingerprint density at radius 3 is 2.56 bits per heavy atom. The third-order valence-electron chi connectivity index (χ3n) is 3.01. The molecule has 0 spiro atoms. The van der Waals surface area contributed by atoms with Crippen LogP contribution in [0.25, 0.3) is 0 Å². The van der Waals surface area contributed by atoms with Gasteiger partial charge in [0.05, 0.1) is 17.3 Å². The molecule has 2 nitrogen and oxygen atoms in total. The van der Waals surface area contributed by atoms with E-state index in [1.165, 1.54) is 6.07 Å². The Morgan fingerprint density at radius 1 is 1.33 bits per heavy atom. The van der Waals surface area contributed by atoms with Crippen LogP contribution in [0, 0.1) is 17.1 Å². The normalized spacial score (nSPS) is 10.4. The van der Waals surface area contributed by atoms with Gasteiger partial charge in [0, 0.05) is 12.6 Å². The Kier molecular flexibility index (Phi) is 5.64. The Morgan fingerprint density at radius 2 is 2.06 bits per heavy atom. The molecular weight excluding hydrogens is 227 g/mol. The van der Waals surface area contributed by atoms with Gasteiger partial charge in [0.15, 0.2) is 0 Å². The number of unbranched alkanes of at least 4 members (excludes halogenated alkanes) is 2. The largest absolute Gasteiger partial charge is 0.367 e. The van der Waals surface area contributed by atoms with Crippen molar-refractivity contribution in [2.45, 2.75) is 46.1 Å². The number of anilines is 1. The molecule has 0 saturated carbocycles. The molecule has 1 rings (SSSR count). The molecule has 0 N–H and O–H groups in total. The number of benzene rings is 1.